The summed E-state index contributed by atoms with van der Waals surface area (Å²) in [6, 6.07) is 1.59. The fourth-order valence-electron chi connectivity index (χ4n) is 1.93. The number of pyridine rings is 1. The number of hydrogen-bond acceptors (Lipinski definition) is 5. The zero-order valence-corrected chi connectivity index (χ0v) is 12.8. The topological polar surface area (TPSA) is 77.8 Å². The standard InChI is InChI=1S/C13H16Cl2N4O/c1-7(2)3-9(16)5-11-18-13(19-20-11)12-10(15)4-8(14)6-17-12/h4,6-7,9H,3,5,16H2,1-2H3. The summed E-state index contributed by atoms with van der Waals surface area (Å²) in [6.07, 6.45) is 2.93. The van der Waals surface area contributed by atoms with Crippen molar-refractivity contribution >= 4 is 23.2 Å². The molecule has 2 aromatic rings. The molecule has 0 radical (unpaired) electrons. The minimum absolute atomic E-state index is 0.00283. The second-order valence-electron chi connectivity index (χ2n) is 5.09. The van der Waals surface area contributed by atoms with Gasteiger partial charge in [0.1, 0.15) is 5.69 Å². The van der Waals surface area contributed by atoms with E-state index in [1.165, 1.54) is 6.20 Å². The average molecular weight is 315 g/mol. The van der Waals surface area contributed by atoms with Gasteiger partial charge in [-0.15, -0.1) is 0 Å². The Bertz CT molecular complexity index is 586. The van der Waals surface area contributed by atoms with Gasteiger partial charge < -0.3 is 10.3 Å². The van der Waals surface area contributed by atoms with Gasteiger partial charge in [-0.2, -0.15) is 4.98 Å². The lowest BCUT2D eigenvalue weighted by Crippen LogP contribution is -2.24. The highest BCUT2D eigenvalue weighted by Crippen LogP contribution is 2.25. The first kappa shape index (κ1) is 15.2. The van der Waals surface area contributed by atoms with E-state index in [0.717, 1.165) is 6.42 Å². The van der Waals surface area contributed by atoms with Crippen molar-refractivity contribution in [1.29, 1.82) is 0 Å². The van der Waals surface area contributed by atoms with Gasteiger partial charge in [0.15, 0.2) is 0 Å². The third kappa shape index (κ3) is 3.91. The molecule has 0 aliphatic heterocycles. The summed E-state index contributed by atoms with van der Waals surface area (Å²) in [5.41, 5.74) is 6.47. The van der Waals surface area contributed by atoms with Crippen LogP contribution in [0.15, 0.2) is 16.8 Å². The predicted octanol–water partition coefficient (Wildman–Crippen LogP) is 3.35. The molecule has 0 aliphatic rings. The predicted molar refractivity (Wildman–Crippen MR) is 78.7 cm³/mol. The zero-order chi connectivity index (χ0) is 14.7. The first-order valence-electron chi connectivity index (χ1n) is 6.35. The molecule has 2 rings (SSSR count). The van der Waals surface area contributed by atoms with Crippen LogP contribution in [0, 0.1) is 5.92 Å². The largest absolute Gasteiger partial charge is 0.339 e. The Hall–Kier alpha value is -1.17. The van der Waals surface area contributed by atoms with Crippen LogP contribution >= 0.6 is 23.2 Å². The van der Waals surface area contributed by atoms with Gasteiger partial charge in [0.25, 0.3) is 0 Å². The van der Waals surface area contributed by atoms with Crippen LogP contribution in [0.2, 0.25) is 10.0 Å². The van der Waals surface area contributed by atoms with E-state index in [4.69, 9.17) is 33.5 Å². The molecule has 1 atom stereocenters. The van der Waals surface area contributed by atoms with Crippen LogP contribution in [0.1, 0.15) is 26.2 Å². The van der Waals surface area contributed by atoms with Crippen LogP contribution in [0.3, 0.4) is 0 Å². The second kappa shape index (κ2) is 6.52. The Morgan fingerprint density at radius 3 is 2.75 bits per heavy atom. The van der Waals surface area contributed by atoms with E-state index >= 15 is 0 Å². The molecule has 0 fully saturated rings. The third-order valence-corrected chi connectivity index (χ3v) is 3.19. The Kier molecular flexibility index (Phi) is 4.96. The zero-order valence-electron chi connectivity index (χ0n) is 11.3. The van der Waals surface area contributed by atoms with Crippen molar-refractivity contribution < 1.29 is 4.52 Å². The van der Waals surface area contributed by atoms with E-state index in [1.807, 2.05) is 0 Å². The molecule has 1 unspecified atom stereocenters. The highest BCUT2D eigenvalue weighted by Gasteiger charge is 2.16. The smallest absolute Gasteiger partial charge is 0.228 e. The highest BCUT2D eigenvalue weighted by molar-refractivity contribution is 6.35. The summed E-state index contributed by atoms with van der Waals surface area (Å²) >= 11 is 11.9. The van der Waals surface area contributed by atoms with Gasteiger partial charge in [0, 0.05) is 18.7 Å². The molecule has 108 valence electrons. The molecule has 0 bridgehead atoms. The summed E-state index contributed by atoms with van der Waals surface area (Å²) in [5.74, 6) is 1.36. The number of nitrogens with zero attached hydrogens (tertiary/aromatic N) is 3. The molecule has 2 aromatic heterocycles. The van der Waals surface area contributed by atoms with E-state index in [0.29, 0.717) is 39.8 Å². The quantitative estimate of drug-likeness (QED) is 0.915. The van der Waals surface area contributed by atoms with E-state index in [1.54, 1.807) is 6.07 Å². The lowest BCUT2D eigenvalue weighted by atomic mass is 10.0. The van der Waals surface area contributed by atoms with Crippen LogP contribution in [0.5, 0.6) is 0 Å². The molecule has 20 heavy (non-hydrogen) atoms. The van der Waals surface area contributed by atoms with Gasteiger partial charge in [-0.25, -0.2) is 4.98 Å². The van der Waals surface area contributed by atoms with Crippen molar-refractivity contribution in [3.63, 3.8) is 0 Å². The minimum atomic E-state index is -0.00283. The molecule has 0 spiro atoms. The van der Waals surface area contributed by atoms with Gasteiger partial charge in [0.05, 0.1) is 10.0 Å². The summed E-state index contributed by atoms with van der Waals surface area (Å²) in [6.45, 7) is 4.24. The molecule has 0 amide bonds. The summed E-state index contributed by atoms with van der Waals surface area (Å²) < 4.78 is 5.18. The molecule has 5 nitrogen and oxygen atoms in total. The van der Waals surface area contributed by atoms with E-state index in [-0.39, 0.29) is 6.04 Å². The summed E-state index contributed by atoms with van der Waals surface area (Å²) in [7, 11) is 0. The maximum Gasteiger partial charge on any atom is 0.228 e. The van der Waals surface area contributed by atoms with Crippen molar-refractivity contribution in [1.82, 2.24) is 15.1 Å². The van der Waals surface area contributed by atoms with Crippen molar-refractivity contribution in [3.05, 3.63) is 28.2 Å². The molecule has 2 heterocycles. The number of hydrogen-bond donors (Lipinski definition) is 1. The minimum Gasteiger partial charge on any atom is -0.339 e. The lowest BCUT2D eigenvalue weighted by molar-refractivity contribution is 0.359. The van der Waals surface area contributed by atoms with Gasteiger partial charge in [0.2, 0.25) is 11.7 Å². The van der Waals surface area contributed by atoms with Crippen LogP contribution in [-0.2, 0) is 6.42 Å². The molecule has 7 heteroatoms. The molecular weight excluding hydrogens is 299 g/mol. The third-order valence-electron chi connectivity index (χ3n) is 2.70. The molecule has 0 saturated carbocycles. The van der Waals surface area contributed by atoms with Crippen molar-refractivity contribution in [2.45, 2.75) is 32.7 Å². The van der Waals surface area contributed by atoms with Gasteiger partial charge in [-0.1, -0.05) is 42.2 Å². The Morgan fingerprint density at radius 2 is 2.10 bits per heavy atom. The van der Waals surface area contributed by atoms with Crippen LogP contribution < -0.4 is 5.73 Å². The van der Waals surface area contributed by atoms with Crippen LogP contribution in [0.4, 0.5) is 0 Å². The van der Waals surface area contributed by atoms with Crippen molar-refractivity contribution in [3.8, 4) is 11.5 Å². The molecule has 2 N–H and O–H groups in total. The monoisotopic (exact) mass is 314 g/mol. The second-order valence-corrected chi connectivity index (χ2v) is 5.93. The lowest BCUT2D eigenvalue weighted by Gasteiger charge is -2.10. The number of nitrogens with two attached hydrogens (primary N) is 1. The Labute approximate surface area is 127 Å². The Morgan fingerprint density at radius 1 is 1.35 bits per heavy atom. The normalized spacial score (nSPS) is 12.9. The number of rotatable bonds is 5. The molecule has 0 saturated heterocycles. The number of halogens is 2. The maximum absolute atomic E-state index is 6.05. The number of aromatic nitrogens is 3. The first-order chi connectivity index (χ1) is 9.45. The maximum atomic E-state index is 6.05. The van der Waals surface area contributed by atoms with E-state index in [9.17, 15) is 0 Å². The van der Waals surface area contributed by atoms with Crippen molar-refractivity contribution in [2.75, 3.05) is 0 Å². The summed E-state index contributed by atoms with van der Waals surface area (Å²) in [5, 5.41) is 4.72. The van der Waals surface area contributed by atoms with Crippen LogP contribution in [0.25, 0.3) is 11.5 Å². The molecule has 0 aliphatic carbocycles. The first-order valence-corrected chi connectivity index (χ1v) is 7.11. The molecule has 0 aromatic carbocycles. The fraction of sp³-hybridized carbons (Fsp3) is 0.462. The summed E-state index contributed by atoms with van der Waals surface area (Å²) in [4.78, 5) is 8.38. The average Bonchev–Trinajstić information content (AvgIpc) is 2.75. The SMILES string of the molecule is CC(C)CC(N)Cc1nc(-c2ncc(Cl)cc2Cl)no1. The van der Waals surface area contributed by atoms with Gasteiger partial charge in [-0.3, -0.25) is 0 Å². The highest BCUT2D eigenvalue weighted by atomic mass is 35.5. The molecular formula is C13H16Cl2N4O. The van der Waals surface area contributed by atoms with E-state index < -0.39 is 0 Å². The van der Waals surface area contributed by atoms with Crippen molar-refractivity contribution in [2.24, 2.45) is 11.7 Å². The fourth-order valence-corrected chi connectivity index (χ4v) is 2.39. The van der Waals surface area contributed by atoms with E-state index in [2.05, 4.69) is 29.0 Å². The van der Waals surface area contributed by atoms with Gasteiger partial charge in [-0.05, 0) is 18.4 Å². The van der Waals surface area contributed by atoms with Crippen LogP contribution in [-0.4, -0.2) is 21.2 Å². The van der Waals surface area contributed by atoms with Gasteiger partial charge >= 0.3 is 0 Å². The Balaban J connectivity index is 2.12.